The number of carbonyl (C=O) groups is 1. The minimum atomic E-state index is -0.461. The van der Waals surface area contributed by atoms with E-state index in [1.807, 2.05) is 20.8 Å². The second-order valence-electron chi connectivity index (χ2n) is 4.27. The lowest BCUT2D eigenvalue weighted by Gasteiger charge is -2.19. The Labute approximate surface area is 96.3 Å². The second kappa shape index (κ2) is 6.90. The van der Waals surface area contributed by atoms with Gasteiger partial charge in [-0.1, -0.05) is 0 Å². The van der Waals surface area contributed by atoms with Crippen molar-refractivity contribution < 1.29 is 14.3 Å². The number of amides is 1. The third-order valence-electron chi connectivity index (χ3n) is 1.47. The molecule has 0 spiro atoms. The van der Waals surface area contributed by atoms with Gasteiger partial charge >= 0.3 is 6.09 Å². The monoisotopic (exact) mass is 237 g/mol. The number of alkyl carbamates (subject to hydrolysis) is 1. The zero-order valence-corrected chi connectivity index (χ0v) is 10.6. The van der Waals surface area contributed by atoms with Gasteiger partial charge in [0.05, 0.1) is 12.0 Å². The smallest absolute Gasteiger partial charge is 0.407 e. The van der Waals surface area contributed by atoms with Gasteiger partial charge in [0.15, 0.2) is 0 Å². The highest BCUT2D eigenvalue weighted by Gasteiger charge is 2.15. The molecule has 0 aromatic carbocycles. The number of hydrogen-bond acceptors (Lipinski definition) is 3. The summed E-state index contributed by atoms with van der Waals surface area (Å²) in [6.07, 6.45) is 0.248. The van der Waals surface area contributed by atoms with E-state index in [1.165, 1.54) is 0 Å². The van der Waals surface area contributed by atoms with Crippen LogP contribution in [0, 0.1) is 0 Å². The van der Waals surface area contributed by atoms with Gasteiger partial charge in [-0.3, -0.25) is 0 Å². The van der Waals surface area contributed by atoms with Crippen LogP contribution in [0.15, 0.2) is 0 Å². The van der Waals surface area contributed by atoms with Crippen LogP contribution in [0.5, 0.6) is 0 Å². The average Bonchev–Trinajstić information content (AvgIpc) is 2.00. The van der Waals surface area contributed by atoms with Crippen LogP contribution in [0.3, 0.4) is 0 Å². The zero-order chi connectivity index (χ0) is 11.9. The molecule has 1 N–H and O–H groups in total. The fourth-order valence-electron chi connectivity index (χ4n) is 0.909. The molecule has 0 aromatic heterocycles. The number of rotatable bonds is 5. The molecule has 0 aliphatic rings. The van der Waals surface area contributed by atoms with Crippen molar-refractivity contribution in [2.24, 2.45) is 0 Å². The molecule has 0 radical (unpaired) electrons. The van der Waals surface area contributed by atoms with Gasteiger partial charge in [0.1, 0.15) is 5.60 Å². The molecule has 1 unspecified atom stereocenters. The third-order valence-corrected chi connectivity index (χ3v) is 1.82. The maximum Gasteiger partial charge on any atom is 0.407 e. The molecule has 4 nitrogen and oxygen atoms in total. The highest BCUT2D eigenvalue weighted by molar-refractivity contribution is 6.20. The fraction of sp³-hybridized carbons (Fsp3) is 0.900. The number of nitrogens with one attached hydrogen (secondary N) is 1. The van der Waals surface area contributed by atoms with E-state index in [9.17, 15) is 4.79 Å². The molecule has 0 aliphatic carbocycles. The molecule has 0 heterocycles. The standard InChI is InChI=1S/C10H20ClNO3/c1-10(2,3)15-9(13)12-6-5-8(11)7-14-4/h8H,5-7H2,1-4H3,(H,12,13). The first-order valence-corrected chi connectivity index (χ1v) is 5.38. The number of halogens is 1. The first-order chi connectivity index (χ1) is 6.85. The predicted molar refractivity (Wildman–Crippen MR) is 60.4 cm³/mol. The summed E-state index contributed by atoms with van der Waals surface area (Å²) in [4.78, 5) is 11.2. The minimum absolute atomic E-state index is 0.0788. The Hall–Kier alpha value is -0.480. The van der Waals surface area contributed by atoms with Gasteiger partial charge < -0.3 is 14.8 Å². The molecule has 0 aliphatic heterocycles. The summed E-state index contributed by atoms with van der Waals surface area (Å²) in [6, 6.07) is 0. The van der Waals surface area contributed by atoms with Crippen molar-refractivity contribution in [2.75, 3.05) is 20.3 Å². The van der Waals surface area contributed by atoms with Gasteiger partial charge in [-0.2, -0.15) is 0 Å². The van der Waals surface area contributed by atoms with Crippen molar-refractivity contribution in [1.82, 2.24) is 5.32 Å². The summed E-state index contributed by atoms with van der Waals surface area (Å²) >= 11 is 5.88. The lowest BCUT2D eigenvalue weighted by atomic mass is 10.2. The zero-order valence-electron chi connectivity index (χ0n) is 9.80. The van der Waals surface area contributed by atoms with Crippen LogP contribution in [-0.2, 0) is 9.47 Å². The van der Waals surface area contributed by atoms with E-state index in [4.69, 9.17) is 21.1 Å². The third kappa shape index (κ3) is 9.82. The summed E-state index contributed by atoms with van der Waals surface area (Å²) in [5.74, 6) is 0. The summed E-state index contributed by atoms with van der Waals surface area (Å²) in [7, 11) is 1.59. The van der Waals surface area contributed by atoms with Gasteiger partial charge in [0.2, 0.25) is 0 Å². The molecule has 1 amide bonds. The maximum atomic E-state index is 11.2. The number of ether oxygens (including phenoxy) is 2. The van der Waals surface area contributed by atoms with E-state index < -0.39 is 11.7 Å². The van der Waals surface area contributed by atoms with Crippen molar-refractivity contribution in [3.63, 3.8) is 0 Å². The lowest BCUT2D eigenvalue weighted by molar-refractivity contribution is 0.0526. The summed E-state index contributed by atoms with van der Waals surface area (Å²) < 4.78 is 9.92. The highest BCUT2D eigenvalue weighted by atomic mass is 35.5. The molecule has 0 aromatic rings. The van der Waals surface area contributed by atoms with E-state index in [0.717, 1.165) is 0 Å². The number of hydrogen-bond donors (Lipinski definition) is 1. The highest BCUT2D eigenvalue weighted by Crippen LogP contribution is 2.06. The van der Waals surface area contributed by atoms with E-state index >= 15 is 0 Å². The molecule has 0 saturated heterocycles. The Morgan fingerprint density at radius 3 is 2.53 bits per heavy atom. The van der Waals surface area contributed by atoms with Crippen molar-refractivity contribution in [3.05, 3.63) is 0 Å². The van der Waals surface area contributed by atoms with E-state index in [0.29, 0.717) is 19.6 Å². The quantitative estimate of drug-likeness (QED) is 0.746. The Balaban J connectivity index is 3.55. The van der Waals surface area contributed by atoms with Crippen molar-refractivity contribution in [1.29, 1.82) is 0 Å². The maximum absolute atomic E-state index is 11.2. The van der Waals surface area contributed by atoms with Crippen molar-refractivity contribution in [3.8, 4) is 0 Å². The Morgan fingerprint density at radius 2 is 2.07 bits per heavy atom. The van der Waals surface area contributed by atoms with Crippen LogP contribution in [0.25, 0.3) is 0 Å². The molecule has 1 atom stereocenters. The number of methoxy groups -OCH3 is 1. The topological polar surface area (TPSA) is 47.6 Å². The van der Waals surface area contributed by atoms with Crippen LogP contribution in [0.2, 0.25) is 0 Å². The van der Waals surface area contributed by atoms with Crippen LogP contribution in [0.4, 0.5) is 4.79 Å². The van der Waals surface area contributed by atoms with Crippen LogP contribution < -0.4 is 5.32 Å². The lowest BCUT2D eigenvalue weighted by Crippen LogP contribution is -2.33. The molecule has 0 saturated carbocycles. The summed E-state index contributed by atoms with van der Waals surface area (Å²) in [5, 5.41) is 2.55. The van der Waals surface area contributed by atoms with Crippen LogP contribution in [0.1, 0.15) is 27.2 Å². The molecule has 5 heteroatoms. The Morgan fingerprint density at radius 1 is 1.47 bits per heavy atom. The average molecular weight is 238 g/mol. The largest absolute Gasteiger partial charge is 0.444 e. The molecule has 0 rings (SSSR count). The van der Waals surface area contributed by atoms with Crippen LogP contribution >= 0.6 is 11.6 Å². The molecule has 90 valence electrons. The summed E-state index contributed by atoms with van der Waals surface area (Å²) in [6.45, 7) is 6.44. The number of alkyl halides is 1. The van der Waals surface area contributed by atoms with E-state index in [1.54, 1.807) is 7.11 Å². The van der Waals surface area contributed by atoms with Gasteiger partial charge in [-0.05, 0) is 27.2 Å². The minimum Gasteiger partial charge on any atom is -0.444 e. The number of carbonyl (C=O) groups excluding carboxylic acids is 1. The van der Waals surface area contributed by atoms with Gasteiger partial charge in [-0.15, -0.1) is 11.6 Å². The van der Waals surface area contributed by atoms with Gasteiger partial charge in [0.25, 0.3) is 0 Å². The SMILES string of the molecule is COCC(Cl)CCNC(=O)OC(C)(C)C. The summed E-state index contributed by atoms with van der Waals surface area (Å²) in [5.41, 5.74) is -0.461. The van der Waals surface area contributed by atoms with E-state index in [-0.39, 0.29) is 5.38 Å². The first-order valence-electron chi connectivity index (χ1n) is 4.95. The van der Waals surface area contributed by atoms with Crippen molar-refractivity contribution >= 4 is 17.7 Å². The van der Waals surface area contributed by atoms with Crippen LogP contribution in [-0.4, -0.2) is 37.3 Å². The Bertz CT molecular complexity index is 192. The molecule has 0 bridgehead atoms. The normalized spacial score (nSPS) is 13.4. The van der Waals surface area contributed by atoms with Crippen molar-refractivity contribution in [2.45, 2.75) is 38.2 Å². The van der Waals surface area contributed by atoms with Gasteiger partial charge in [-0.25, -0.2) is 4.79 Å². The predicted octanol–water partition coefficient (Wildman–Crippen LogP) is 2.16. The second-order valence-corrected chi connectivity index (χ2v) is 4.89. The van der Waals surface area contributed by atoms with Gasteiger partial charge in [0, 0.05) is 13.7 Å². The molecular weight excluding hydrogens is 218 g/mol. The first kappa shape index (κ1) is 14.5. The molecular formula is C10H20ClNO3. The van der Waals surface area contributed by atoms with E-state index in [2.05, 4.69) is 5.32 Å². The fourth-order valence-corrected chi connectivity index (χ4v) is 1.14. The Kier molecular flexibility index (Phi) is 6.68. The molecule has 15 heavy (non-hydrogen) atoms. The molecule has 0 fully saturated rings.